The fourth-order valence-corrected chi connectivity index (χ4v) is 3.08. The van der Waals surface area contributed by atoms with E-state index in [2.05, 4.69) is 30.9 Å². The van der Waals surface area contributed by atoms with E-state index in [1.807, 2.05) is 30.2 Å². The zero-order valence-corrected chi connectivity index (χ0v) is 15.7. The highest BCUT2D eigenvalue weighted by Gasteiger charge is 2.22. The monoisotopic (exact) mass is 344 g/mol. The molecule has 6 heteroatoms. The third kappa shape index (κ3) is 4.11. The first-order valence-corrected chi connectivity index (χ1v) is 9.14. The number of ether oxygens (including phenoxy) is 1. The van der Waals surface area contributed by atoms with Crippen LogP contribution < -0.4 is 4.74 Å². The van der Waals surface area contributed by atoms with Crippen molar-refractivity contribution in [2.45, 2.75) is 52.4 Å². The van der Waals surface area contributed by atoms with Crippen LogP contribution in [-0.4, -0.2) is 45.1 Å². The van der Waals surface area contributed by atoms with Gasteiger partial charge in [0.05, 0.1) is 18.5 Å². The van der Waals surface area contributed by atoms with Crippen molar-refractivity contribution < 1.29 is 9.53 Å². The summed E-state index contributed by atoms with van der Waals surface area (Å²) in [5.41, 5.74) is 1.85. The minimum atomic E-state index is -0.00137. The van der Waals surface area contributed by atoms with Crippen LogP contribution in [0.1, 0.15) is 52.7 Å². The number of fused-ring (bicyclic) bond motifs is 1. The van der Waals surface area contributed by atoms with Crippen LogP contribution in [0.15, 0.2) is 18.3 Å². The summed E-state index contributed by atoms with van der Waals surface area (Å²) in [6.45, 7) is 10.7. The third-order valence-electron chi connectivity index (χ3n) is 4.80. The molecule has 2 aromatic heterocycles. The Balaban J connectivity index is 1.58. The highest BCUT2D eigenvalue weighted by atomic mass is 16.5. The van der Waals surface area contributed by atoms with E-state index >= 15 is 0 Å². The van der Waals surface area contributed by atoms with Crippen molar-refractivity contribution in [3.63, 3.8) is 0 Å². The molecule has 1 fully saturated rings. The largest absolute Gasteiger partial charge is 0.476 e. The third-order valence-corrected chi connectivity index (χ3v) is 4.80. The highest BCUT2D eigenvalue weighted by molar-refractivity contribution is 5.75. The fraction of sp³-hybridized carbons (Fsp3) is 0.632. The van der Waals surface area contributed by atoms with Gasteiger partial charge in [0.1, 0.15) is 0 Å². The van der Waals surface area contributed by atoms with Gasteiger partial charge in [-0.3, -0.25) is 4.79 Å². The maximum absolute atomic E-state index is 11.7. The molecule has 6 nitrogen and oxygen atoms in total. The summed E-state index contributed by atoms with van der Waals surface area (Å²) in [6, 6.07) is 3.82. The summed E-state index contributed by atoms with van der Waals surface area (Å²) in [5.74, 6) is 1.35. The second-order valence-corrected chi connectivity index (χ2v) is 7.84. The molecular formula is C19H28N4O2. The zero-order chi connectivity index (χ0) is 18.0. The van der Waals surface area contributed by atoms with Gasteiger partial charge in [0.15, 0.2) is 5.65 Å². The first-order chi connectivity index (χ1) is 11.9. The van der Waals surface area contributed by atoms with Crippen molar-refractivity contribution >= 4 is 11.6 Å². The molecule has 3 heterocycles. The van der Waals surface area contributed by atoms with Gasteiger partial charge in [-0.1, -0.05) is 27.7 Å². The second-order valence-electron chi connectivity index (χ2n) is 7.84. The summed E-state index contributed by atoms with van der Waals surface area (Å²) in [7, 11) is 0. The van der Waals surface area contributed by atoms with Crippen LogP contribution in [0.5, 0.6) is 5.88 Å². The van der Waals surface area contributed by atoms with Crippen molar-refractivity contribution in [1.82, 2.24) is 19.5 Å². The molecule has 1 amide bonds. The summed E-state index contributed by atoms with van der Waals surface area (Å²) < 4.78 is 7.70. The number of imidazole rings is 1. The van der Waals surface area contributed by atoms with E-state index in [1.54, 1.807) is 4.52 Å². The number of aromatic nitrogens is 3. The van der Waals surface area contributed by atoms with Crippen LogP contribution in [-0.2, 0) is 10.2 Å². The van der Waals surface area contributed by atoms with Crippen LogP contribution in [0.4, 0.5) is 0 Å². The van der Waals surface area contributed by atoms with Crippen LogP contribution >= 0.6 is 0 Å². The molecule has 3 rings (SSSR count). The SMILES string of the molecule is CCC(=O)N1CCC(COc2ccc3nc(C(C)(C)C)cn3n2)CC1. The lowest BCUT2D eigenvalue weighted by Crippen LogP contribution is -2.39. The Morgan fingerprint density at radius 3 is 2.64 bits per heavy atom. The average Bonchev–Trinajstić information content (AvgIpc) is 3.03. The molecule has 25 heavy (non-hydrogen) atoms. The molecule has 0 spiro atoms. The van der Waals surface area contributed by atoms with E-state index < -0.39 is 0 Å². The number of hydrogen-bond donors (Lipinski definition) is 0. The maximum atomic E-state index is 11.7. The summed E-state index contributed by atoms with van der Waals surface area (Å²) >= 11 is 0. The van der Waals surface area contributed by atoms with Crippen molar-refractivity contribution in [1.29, 1.82) is 0 Å². The first kappa shape index (κ1) is 17.7. The van der Waals surface area contributed by atoms with Gasteiger partial charge >= 0.3 is 0 Å². The second kappa shape index (κ2) is 7.02. The molecule has 1 aliphatic heterocycles. The average molecular weight is 344 g/mol. The van der Waals surface area contributed by atoms with Gasteiger partial charge < -0.3 is 9.64 Å². The summed E-state index contributed by atoms with van der Waals surface area (Å²) in [5, 5.41) is 4.52. The van der Waals surface area contributed by atoms with Crippen LogP contribution in [0.25, 0.3) is 5.65 Å². The number of carbonyl (C=O) groups excluding carboxylic acids is 1. The minimum absolute atomic E-state index is 0.00137. The smallest absolute Gasteiger partial charge is 0.231 e. The number of piperidine rings is 1. The van der Waals surface area contributed by atoms with Gasteiger partial charge in [0.2, 0.25) is 11.8 Å². The van der Waals surface area contributed by atoms with Crippen molar-refractivity contribution in [2.24, 2.45) is 5.92 Å². The number of carbonyl (C=O) groups is 1. The number of nitrogens with zero attached hydrogens (tertiary/aromatic N) is 4. The number of rotatable bonds is 4. The molecule has 0 aliphatic carbocycles. The fourth-order valence-electron chi connectivity index (χ4n) is 3.08. The molecule has 2 aromatic rings. The first-order valence-electron chi connectivity index (χ1n) is 9.14. The predicted octanol–water partition coefficient (Wildman–Crippen LogP) is 3.05. The Bertz CT molecular complexity index is 739. The Morgan fingerprint density at radius 1 is 1.28 bits per heavy atom. The van der Waals surface area contributed by atoms with Gasteiger partial charge in [0.25, 0.3) is 0 Å². The van der Waals surface area contributed by atoms with Crippen molar-refractivity contribution in [3.8, 4) is 5.88 Å². The zero-order valence-electron chi connectivity index (χ0n) is 15.7. The molecule has 0 bridgehead atoms. The van der Waals surface area contributed by atoms with E-state index in [0.717, 1.165) is 37.3 Å². The van der Waals surface area contributed by atoms with Gasteiger partial charge in [-0.05, 0) is 24.8 Å². The van der Waals surface area contributed by atoms with E-state index in [4.69, 9.17) is 4.74 Å². The van der Waals surface area contributed by atoms with Crippen molar-refractivity contribution in [3.05, 3.63) is 24.0 Å². The van der Waals surface area contributed by atoms with Gasteiger partial charge in [-0.15, -0.1) is 5.10 Å². The lowest BCUT2D eigenvalue weighted by Gasteiger charge is -2.31. The van der Waals surface area contributed by atoms with E-state index in [1.165, 1.54) is 0 Å². The molecule has 0 N–H and O–H groups in total. The molecule has 0 unspecified atom stereocenters. The topological polar surface area (TPSA) is 59.7 Å². The van der Waals surface area contributed by atoms with Gasteiger partial charge in [-0.25, -0.2) is 9.50 Å². The van der Waals surface area contributed by atoms with Gasteiger partial charge in [0, 0.05) is 31.0 Å². The number of hydrogen-bond acceptors (Lipinski definition) is 4. The molecular weight excluding hydrogens is 316 g/mol. The molecule has 0 saturated carbocycles. The van der Waals surface area contributed by atoms with Crippen LogP contribution in [0.3, 0.4) is 0 Å². The van der Waals surface area contributed by atoms with Crippen LogP contribution in [0.2, 0.25) is 0 Å². The molecule has 1 aliphatic rings. The maximum Gasteiger partial charge on any atom is 0.231 e. The summed E-state index contributed by atoms with van der Waals surface area (Å²) in [4.78, 5) is 18.3. The molecule has 0 aromatic carbocycles. The quantitative estimate of drug-likeness (QED) is 0.855. The summed E-state index contributed by atoms with van der Waals surface area (Å²) in [6.07, 6.45) is 4.55. The predicted molar refractivity (Wildman–Crippen MR) is 96.8 cm³/mol. The van der Waals surface area contributed by atoms with E-state index in [0.29, 0.717) is 24.8 Å². The highest BCUT2D eigenvalue weighted by Crippen LogP contribution is 2.23. The van der Waals surface area contributed by atoms with E-state index in [-0.39, 0.29) is 11.3 Å². The lowest BCUT2D eigenvalue weighted by atomic mass is 9.93. The Morgan fingerprint density at radius 2 is 2.00 bits per heavy atom. The lowest BCUT2D eigenvalue weighted by molar-refractivity contribution is -0.132. The molecule has 0 radical (unpaired) electrons. The normalized spacial score (nSPS) is 16.4. The Labute approximate surface area is 149 Å². The van der Waals surface area contributed by atoms with Crippen LogP contribution in [0, 0.1) is 5.92 Å². The number of amides is 1. The molecule has 1 saturated heterocycles. The van der Waals surface area contributed by atoms with Gasteiger partial charge in [-0.2, -0.15) is 0 Å². The van der Waals surface area contributed by atoms with E-state index in [9.17, 15) is 4.79 Å². The Hall–Kier alpha value is -2.11. The Kier molecular flexibility index (Phi) is 4.97. The molecule has 136 valence electrons. The minimum Gasteiger partial charge on any atom is -0.476 e. The molecule has 0 atom stereocenters. The number of likely N-dealkylation sites (tertiary alicyclic amines) is 1. The van der Waals surface area contributed by atoms with Crippen molar-refractivity contribution in [2.75, 3.05) is 19.7 Å². The standard InChI is InChI=1S/C19H28N4O2/c1-5-18(24)22-10-8-14(9-11-22)13-25-17-7-6-16-20-15(19(2,3)4)12-23(16)21-17/h6-7,12,14H,5,8-11,13H2,1-4H3.